The molecule has 0 radical (unpaired) electrons. The van der Waals surface area contributed by atoms with Gasteiger partial charge in [-0.05, 0) is 6.92 Å². The highest BCUT2D eigenvalue weighted by Gasteiger charge is 2.30. The van der Waals surface area contributed by atoms with Gasteiger partial charge in [0.1, 0.15) is 5.25 Å². The standard InChI is InChI=1S/C10H20N4O4S/c1-8(19(2,17)18)10(15)14-5-3-13(4-6-14)7-9(11)12-16/h8,16H,3-7H2,1-2H3,(H2,11,12). The van der Waals surface area contributed by atoms with E-state index in [0.29, 0.717) is 32.7 Å². The zero-order valence-electron chi connectivity index (χ0n) is 11.1. The minimum absolute atomic E-state index is 0.115. The summed E-state index contributed by atoms with van der Waals surface area (Å²) >= 11 is 0. The fraction of sp³-hybridized carbons (Fsp3) is 0.800. The maximum Gasteiger partial charge on any atom is 0.240 e. The Bertz CT molecular complexity index is 454. The van der Waals surface area contributed by atoms with Gasteiger partial charge in [-0.15, -0.1) is 0 Å². The Balaban J connectivity index is 2.52. The molecule has 0 bridgehead atoms. The minimum Gasteiger partial charge on any atom is -0.409 e. The van der Waals surface area contributed by atoms with Crippen LogP contribution in [0.3, 0.4) is 0 Å². The van der Waals surface area contributed by atoms with E-state index >= 15 is 0 Å². The van der Waals surface area contributed by atoms with Gasteiger partial charge in [0.25, 0.3) is 0 Å². The third-order valence-corrected chi connectivity index (χ3v) is 4.67. The molecule has 0 aromatic carbocycles. The maximum absolute atomic E-state index is 12.0. The van der Waals surface area contributed by atoms with Crippen LogP contribution in [0.5, 0.6) is 0 Å². The second-order valence-electron chi connectivity index (χ2n) is 4.66. The summed E-state index contributed by atoms with van der Waals surface area (Å²) in [6.07, 6.45) is 1.06. The Morgan fingerprint density at radius 2 is 1.89 bits per heavy atom. The van der Waals surface area contributed by atoms with Crippen molar-refractivity contribution in [2.24, 2.45) is 10.9 Å². The van der Waals surface area contributed by atoms with E-state index < -0.39 is 15.1 Å². The molecule has 0 aromatic heterocycles. The SMILES string of the molecule is CC(C(=O)N1CCN(CC(N)=NO)CC1)S(C)(=O)=O. The van der Waals surface area contributed by atoms with Gasteiger partial charge in [0.15, 0.2) is 15.7 Å². The van der Waals surface area contributed by atoms with Crippen LogP contribution in [-0.4, -0.2) is 79.4 Å². The fourth-order valence-electron chi connectivity index (χ4n) is 1.83. The van der Waals surface area contributed by atoms with Crippen LogP contribution in [0, 0.1) is 0 Å². The van der Waals surface area contributed by atoms with Crippen molar-refractivity contribution in [1.82, 2.24) is 9.80 Å². The topological polar surface area (TPSA) is 116 Å². The van der Waals surface area contributed by atoms with Crippen LogP contribution in [0.4, 0.5) is 0 Å². The zero-order chi connectivity index (χ0) is 14.6. The molecular weight excluding hydrogens is 272 g/mol. The van der Waals surface area contributed by atoms with E-state index in [1.807, 2.05) is 4.90 Å². The number of sulfone groups is 1. The minimum atomic E-state index is -3.36. The molecule has 1 fully saturated rings. The highest BCUT2D eigenvalue weighted by Crippen LogP contribution is 2.08. The number of carbonyl (C=O) groups excluding carboxylic acids is 1. The predicted molar refractivity (Wildman–Crippen MR) is 70.7 cm³/mol. The van der Waals surface area contributed by atoms with E-state index in [-0.39, 0.29) is 11.7 Å². The van der Waals surface area contributed by atoms with Crippen molar-refractivity contribution in [2.45, 2.75) is 12.2 Å². The molecule has 1 heterocycles. The van der Waals surface area contributed by atoms with Crippen LogP contribution >= 0.6 is 0 Å². The number of amides is 1. The fourth-order valence-corrected chi connectivity index (χ4v) is 2.34. The summed E-state index contributed by atoms with van der Waals surface area (Å²) in [5.41, 5.74) is 5.40. The van der Waals surface area contributed by atoms with Gasteiger partial charge in [0.2, 0.25) is 5.91 Å². The molecule has 9 heteroatoms. The number of nitrogens with zero attached hydrogens (tertiary/aromatic N) is 3. The molecule has 0 spiro atoms. The Kier molecular flexibility index (Phi) is 5.12. The lowest BCUT2D eigenvalue weighted by molar-refractivity contribution is -0.132. The molecular formula is C10H20N4O4S. The number of amidine groups is 1. The number of hydrogen-bond donors (Lipinski definition) is 2. The van der Waals surface area contributed by atoms with Gasteiger partial charge >= 0.3 is 0 Å². The number of carbonyl (C=O) groups is 1. The quantitative estimate of drug-likeness (QED) is 0.276. The third kappa shape index (κ3) is 4.35. The Hall–Kier alpha value is -1.35. The monoisotopic (exact) mass is 292 g/mol. The molecule has 19 heavy (non-hydrogen) atoms. The number of rotatable bonds is 4. The molecule has 1 aliphatic heterocycles. The van der Waals surface area contributed by atoms with Crippen molar-refractivity contribution in [1.29, 1.82) is 0 Å². The number of hydrogen-bond acceptors (Lipinski definition) is 6. The molecule has 1 atom stereocenters. The van der Waals surface area contributed by atoms with Crippen LogP contribution in [0.1, 0.15) is 6.92 Å². The first-order valence-corrected chi connectivity index (χ1v) is 7.87. The lowest BCUT2D eigenvalue weighted by atomic mass is 10.3. The van der Waals surface area contributed by atoms with Gasteiger partial charge in [-0.2, -0.15) is 0 Å². The first-order valence-electron chi connectivity index (χ1n) is 5.92. The average molecular weight is 292 g/mol. The van der Waals surface area contributed by atoms with Crippen LogP contribution in [0.25, 0.3) is 0 Å². The van der Waals surface area contributed by atoms with Gasteiger partial charge in [-0.25, -0.2) is 8.42 Å². The van der Waals surface area contributed by atoms with Gasteiger partial charge < -0.3 is 15.8 Å². The highest BCUT2D eigenvalue weighted by molar-refractivity contribution is 7.92. The predicted octanol–water partition coefficient (Wildman–Crippen LogP) is -1.69. The first kappa shape index (κ1) is 15.7. The van der Waals surface area contributed by atoms with Crippen molar-refractivity contribution >= 4 is 21.6 Å². The average Bonchev–Trinajstić information content (AvgIpc) is 2.36. The van der Waals surface area contributed by atoms with Gasteiger partial charge in [0.05, 0.1) is 6.54 Å². The van der Waals surface area contributed by atoms with E-state index in [2.05, 4.69) is 5.16 Å². The molecule has 1 amide bonds. The maximum atomic E-state index is 12.0. The molecule has 1 unspecified atom stereocenters. The van der Waals surface area contributed by atoms with Crippen molar-refractivity contribution < 1.29 is 18.4 Å². The summed E-state index contributed by atoms with van der Waals surface area (Å²) in [6.45, 7) is 3.76. The lowest BCUT2D eigenvalue weighted by Crippen LogP contribution is -2.53. The van der Waals surface area contributed by atoms with E-state index in [0.717, 1.165) is 6.26 Å². The summed E-state index contributed by atoms with van der Waals surface area (Å²) < 4.78 is 22.7. The Labute approximate surface area is 112 Å². The summed E-state index contributed by atoms with van der Waals surface area (Å²) in [7, 11) is -3.36. The third-order valence-electron chi connectivity index (χ3n) is 3.19. The highest BCUT2D eigenvalue weighted by atomic mass is 32.2. The molecule has 8 nitrogen and oxygen atoms in total. The van der Waals surface area contributed by atoms with E-state index in [1.165, 1.54) is 11.8 Å². The van der Waals surface area contributed by atoms with Gasteiger partial charge in [-0.1, -0.05) is 5.16 Å². The van der Waals surface area contributed by atoms with Crippen molar-refractivity contribution in [3.05, 3.63) is 0 Å². The first-order chi connectivity index (χ1) is 8.75. The van der Waals surface area contributed by atoms with Gasteiger partial charge in [-0.3, -0.25) is 9.69 Å². The van der Waals surface area contributed by atoms with Gasteiger partial charge in [0, 0.05) is 32.4 Å². The normalized spacial score (nSPS) is 20.3. The lowest BCUT2D eigenvalue weighted by Gasteiger charge is -2.35. The number of nitrogens with two attached hydrogens (primary N) is 1. The summed E-state index contributed by atoms with van der Waals surface area (Å²) in [5.74, 6) is -0.254. The van der Waals surface area contributed by atoms with Crippen LogP contribution < -0.4 is 5.73 Å². The van der Waals surface area contributed by atoms with Crippen molar-refractivity contribution in [3.63, 3.8) is 0 Å². The molecule has 1 aliphatic rings. The van der Waals surface area contributed by atoms with Crippen LogP contribution in [0.2, 0.25) is 0 Å². The second-order valence-corrected chi connectivity index (χ2v) is 7.03. The molecule has 1 rings (SSSR count). The number of piperazine rings is 1. The summed E-state index contributed by atoms with van der Waals surface area (Å²) in [4.78, 5) is 15.4. The van der Waals surface area contributed by atoms with Crippen molar-refractivity contribution in [3.8, 4) is 0 Å². The molecule has 0 saturated carbocycles. The molecule has 3 N–H and O–H groups in total. The van der Waals surface area contributed by atoms with E-state index in [9.17, 15) is 13.2 Å². The van der Waals surface area contributed by atoms with E-state index in [1.54, 1.807) is 0 Å². The second kappa shape index (κ2) is 6.20. The molecule has 0 aromatic rings. The smallest absolute Gasteiger partial charge is 0.240 e. The summed E-state index contributed by atoms with van der Waals surface area (Å²) in [5, 5.41) is 10.4. The number of oxime groups is 1. The zero-order valence-corrected chi connectivity index (χ0v) is 11.9. The van der Waals surface area contributed by atoms with Crippen LogP contribution in [0.15, 0.2) is 5.16 Å². The molecule has 1 saturated heterocycles. The van der Waals surface area contributed by atoms with Crippen LogP contribution in [-0.2, 0) is 14.6 Å². The largest absolute Gasteiger partial charge is 0.409 e. The molecule has 110 valence electrons. The molecule has 0 aliphatic carbocycles. The summed E-state index contributed by atoms with van der Waals surface area (Å²) in [6, 6.07) is 0. The Morgan fingerprint density at radius 1 is 1.37 bits per heavy atom. The van der Waals surface area contributed by atoms with Crippen molar-refractivity contribution in [2.75, 3.05) is 39.0 Å². The van der Waals surface area contributed by atoms with E-state index in [4.69, 9.17) is 10.9 Å². The Morgan fingerprint density at radius 3 is 2.32 bits per heavy atom.